The number of hydrogen-bond acceptors (Lipinski definition) is 2. The lowest BCUT2D eigenvalue weighted by Gasteiger charge is -2.20. The molecule has 0 aromatic carbocycles. The molecule has 0 bridgehead atoms. The first-order valence-electron chi connectivity index (χ1n) is 6.44. The highest BCUT2D eigenvalue weighted by Crippen LogP contribution is 2.23. The lowest BCUT2D eigenvalue weighted by Crippen LogP contribution is -2.31. The van der Waals surface area contributed by atoms with Gasteiger partial charge in [0, 0.05) is 18.7 Å². The van der Waals surface area contributed by atoms with E-state index in [2.05, 4.69) is 10.4 Å². The lowest BCUT2D eigenvalue weighted by atomic mass is 9.89. The van der Waals surface area contributed by atoms with Crippen LogP contribution < -0.4 is 5.32 Å². The number of nitrogens with zero attached hydrogens (tertiary/aromatic N) is 2. The van der Waals surface area contributed by atoms with Crippen molar-refractivity contribution in [3.8, 4) is 0 Å². The molecule has 1 amide bonds. The number of hydrogen-bond donors (Lipinski definition) is 1. The maximum Gasteiger partial charge on any atom is 0.223 e. The second-order valence-corrected chi connectivity index (χ2v) is 4.95. The second-order valence-electron chi connectivity index (χ2n) is 4.95. The largest absolute Gasteiger partial charge is 0.350 e. The van der Waals surface area contributed by atoms with Crippen molar-refractivity contribution in [3.63, 3.8) is 0 Å². The standard InChI is InChI=1S/C13H21N3O/c1-10-8-12(15-16(10)2)9-14-13(17)11-6-4-3-5-7-11/h8,11H,3-7,9H2,1-2H3,(H,14,17). The molecule has 1 aliphatic carbocycles. The highest BCUT2D eigenvalue weighted by molar-refractivity contribution is 5.78. The minimum Gasteiger partial charge on any atom is -0.350 e. The van der Waals surface area contributed by atoms with Gasteiger partial charge < -0.3 is 5.32 Å². The quantitative estimate of drug-likeness (QED) is 0.870. The monoisotopic (exact) mass is 235 g/mol. The molecule has 0 atom stereocenters. The Morgan fingerprint density at radius 2 is 2.18 bits per heavy atom. The van der Waals surface area contributed by atoms with Gasteiger partial charge in [-0.2, -0.15) is 5.10 Å². The summed E-state index contributed by atoms with van der Waals surface area (Å²) in [7, 11) is 1.92. The molecule has 0 unspecified atom stereocenters. The normalized spacial score (nSPS) is 17.1. The maximum absolute atomic E-state index is 11.9. The van der Waals surface area contributed by atoms with E-state index in [1.165, 1.54) is 19.3 Å². The number of aromatic nitrogens is 2. The van der Waals surface area contributed by atoms with E-state index >= 15 is 0 Å². The van der Waals surface area contributed by atoms with Crippen LogP contribution in [-0.2, 0) is 18.4 Å². The van der Waals surface area contributed by atoms with Crippen molar-refractivity contribution in [2.45, 2.75) is 45.6 Å². The van der Waals surface area contributed by atoms with Gasteiger partial charge in [0.05, 0.1) is 12.2 Å². The molecule has 1 aliphatic rings. The van der Waals surface area contributed by atoms with Gasteiger partial charge in [-0.3, -0.25) is 9.48 Å². The summed E-state index contributed by atoms with van der Waals surface area (Å²) in [5.41, 5.74) is 2.06. The molecule has 0 spiro atoms. The average molecular weight is 235 g/mol. The van der Waals surface area contributed by atoms with Crippen molar-refractivity contribution in [1.82, 2.24) is 15.1 Å². The molecule has 94 valence electrons. The Labute approximate surface area is 102 Å². The Balaban J connectivity index is 1.83. The zero-order chi connectivity index (χ0) is 12.3. The van der Waals surface area contributed by atoms with E-state index in [9.17, 15) is 4.79 Å². The van der Waals surface area contributed by atoms with Crippen molar-refractivity contribution in [1.29, 1.82) is 0 Å². The Morgan fingerprint density at radius 3 is 2.76 bits per heavy atom. The molecule has 4 heteroatoms. The van der Waals surface area contributed by atoms with E-state index in [1.807, 2.05) is 24.7 Å². The molecule has 1 aromatic heterocycles. The van der Waals surface area contributed by atoms with Crippen LogP contribution in [0.4, 0.5) is 0 Å². The first-order valence-corrected chi connectivity index (χ1v) is 6.44. The Bertz CT molecular complexity index is 372. The van der Waals surface area contributed by atoms with Crippen LogP contribution in [0.2, 0.25) is 0 Å². The number of nitrogens with one attached hydrogen (secondary N) is 1. The fraction of sp³-hybridized carbons (Fsp3) is 0.692. The molecular formula is C13H21N3O. The Kier molecular flexibility index (Phi) is 3.82. The summed E-state index contributed by atoms with van der Waals surface area (Å²) < 4.78 is 1.84. The second kappa shape index (κ2) is 5.34. The summed E-state index contributed by atoms with van der Waals surface area (Å²) in [6, 6.07) is 2.02. The van der Waals surface area contributed by atoms with Crippen molar-refractivity contribution >= 4 is 5.91 Å². The lowest BCUT2D eigenvalue weighted by molar-refractivity contribution is -0.126. The van der Waals surface area contributed by atoms with E-state index < -0.39 is 0 Å². The van der Waals surface area contributed by atoms with Gasteiger partial charge in [-0.05, 0) is 25.8 Å². The highest BCUT2D eigenvalue weighted by Gasteiger charge is 2.20. The van der Waals surface area contributed by atoms with E-state index in [4.69, 9.17) is 0 Å². The number of rotatable bonds is 3. The minimum atomic E-state index is 0.202. The molecule has 1 saturated carbocycles. The van der Waals surface area contributed by atoms with E-state index in [-0.39, 0.29) is 11.8 Å². The fourth-order valence-electron chi connectivity index (χ4n) is 2.41. The molecule has 0 aliphatic heterocycles. The summed E-state index contributed by atoms with van der Waals surface area (Å²) in [6.07, 6.45) is 5.77. The molecule has 2 rings (SSSR count). The SMILES string of the molecule is Cc1cc(CNC(=O)C2CCCCC2)nn1C. The molecule has 0 saturated heterocycles. The molecule has 1 heterocycles. The highest BCUT2D eigenvalue weighted by atomic mass is 16.1. The van der Waals surface area contributed by atoms with Gasteiger partial charge in [-0.25, -0.2) is 0 Å². The molecule has 1 aromatic rings. The van der Waals surface area contributed by atoms with Crippen LogP contribution in [0, 0.1) is 12.8 Å². The summed E-state index contributed by atoms with van der Waals surface area (Å²) in [5, 5.41) is 7.32. The summed E-state index contributed by atoms with van der Waals surface area (Å²) >= 11 is 0. The van der Waals surface area contributed by atoms with Gasteiger partial charge in [-0.15, -0.1) is 0 Å². The zero-order valence-electron chi connectivity index (χ0n) is 10.7. The van der Waals surface area contributed by atoms with E-state index in [1.54, 1.807) is 0 Å². The van der Waals surface area contributed by atoms with Crippen LogP contribution in [0.3, 0.4) is 0 Å². The van der Waals surface area contributed by atoms with Gasteiger partial charge in [0.2, 0.25) is 5.91 Å². The third-order valence-electron chi connectivity index (χ3n) is 3.58. The van der Waals surface area contributed by atoms with E-state index in [0.29, 0.717) is 6.54 Å². The molecule has 1 fully saturated rings. The predicted octanol–water partition coefficient (Wildman–Crippen LogP) is 1.93. The smallest absolute Gasteiger partial charge is 0.223 e. The molecule has 17 heavy (non-hydrogen) atoms. The van der Waals surface area contributed by atoms with Gasteiger partial charge in [0.1, 0.15) is 0 Å². The first-order chi connectivity index (χ1) is 8.16. The summed E-state index contributed by atoms with van der Waals surface area (Å²) in [4.78, 5) is 11.9. The van der Waals surface area contributed by atoms with Crippen molar-refractivity contribution in [3.05, 3.63) is 17.5 Å². The zero-order valence-corrected chi connectivity index (χ0v) is 10.7. The Morgan fingerprint density at radius 1 is 1.47 bits per heavy atom. The number of carbonyl (C=O) groups excluding carboxylic acids is 1. The molecule has 0 radical (unpaired) electrons. The van der Waals surface area contributed by atoms with Crippen LogP contribution in [0.5, 0.6) is 0 Å². The summed E-state index contributed by atoms with van der Waals surface area (Å²) in [6.45, 7) is 2.57. The van der Waals surface area contributed by atoms with Crippen LogP contribution in [0.25, 0.3) is 0 Å². The maximum atomic E-state index is 11.9. The van der Waals surface area contributed by atoms with Crippen molar-refractivity contribution in [2.24, 2.45) is 13.0 Å². The predicted molar refractivity (Wildman–Crippen MR) is 66.4 cm³/mol. The topological polar surface area (TPSA) is 46.9 Å². The molecule has 1 N–H and O–H groups in total. The molecular weight excluding hydrogens is 214 g/mol. The fourth-order valence-corrected chi connectivity index (χ4v) is 2.41. The van der Waals surface area contributed by atoms with Crippen LogP contribution in [0.15, 0.2) is 6.07 Å². The van der Waals surface area contributed by atoms with Crippen molar-refractivity contribution in [2.75, 3.05) is 0 Å². The van der Waals surface area contributed by atoms with Crippen LogP contribution in [-0.4, -0.2) is 15.7 Å². The van der Waals surface area contributed by atoms with Gasteiger partial charge in [-0.1, -0.05) is 19.3 Å². The third-order valence-corrected chi connectivity index (χ3v) is 3.58. The molecule has 4 nitrogen and oxygen atoms in total. The van der Waals surface area contributed by atoms with Gasteiger partial charge >= 0.3 is 0 Å². The number of carbonyl (C=O) groups is 1. The van der Waals surface area contributed by atoms with Gasteiger partial charge in [0.15, 0.2) is 0 Å². The average Bonchev–Trinajstić information content (AvgIpc) is 2.67. The summed E-state index contributed by atoms with van der Waals surface area (Å²) in [5.74, 6) is 0.432. The number of aryl methyl sites for hydroxylation is 2. The van der Waals surface area contributed by atoms with E-state index in [0.717, 1.165) is 24.2 Å². The van der Waals surface area contributed by atoms with Gasteiger partial charge in [0.25, 0.3) is 0 Å². The first kappa shape index (κ1) is 12.1. The minimum absolute atomic E-state index is 0.202. The third kappa shape index (κ3) is 3.08. The number of amides is 1. The van der Waals surface area contributed by atoms with Crippen LogP contribution >= 0.6 is 0 Å². The van der Waals surface area contributed by atoms with Crippen LogP contribution in [0.1, 0.15) is 43.5 Å². The van der Waals surface area contributed by atoms with Crippen molar-refractivity contribution < 1.29 is 4.79 Å². The Hall–Kier alpha value is -1.32.